The Bertz CT molecular complexity index is 1540. The summed E-state index contributed by atoms with van der Waals surface area (Å²) in [6.07, 6.45) is 8.45. The predicted molar refractivity (Wildman–Crippen MR) is 193 cm³/mol. The molecule has 4 aliphatic carbocycles. The molecule has 3 saturated carbocycles. The molecule has 1 aromatic heterocycles. The van der Waals surface area contributed by atoms with Crippen LogP contribution in [0.3, 0.4) is 0 Å². The minimum Gasteiger partial charge on any atom is -0.481 e. The Kier molecular flexibility index (Phi) is 9.08. The number of hydrogen-bond acceptors (Lipinski definition) is 7. The number of nitro groups is 1. The molecule has 10 heteroatoms. The van der Waals surface area contributed by atoms with Crippen molar-refractivity contribution in [2.24, 2.45) is 74.2 Å². The average molecular weight is 697 g/mol. The van der Waals surface area contributed by atoms with E-state index in [0.29, 0.717) is 32.2 Å². The van der Waals surface area contributed by atoms with Gasteiger partial charge in [0.15, 0.2) is 0 Å². The Balaban J connectivity index is 1.49. The molecule has 2 heterocycles. The van der Waals surface area contributed by atoms with E-state index in [-0.39, 0.29) is 63.8 Å². The summed E-state index contributed by atoms with van der Waals surface area (Å²) in [5, 5.41) is 27.5. The summed E-state index contributed by atoms with van der Waals surface area (Å²) in [7, 11) is 0. The van der Waals surface area contributed by atoms with Crippen LogP contribution in [0, 0.1) is 78.6 Å². The normalized spacial score (nSPS) is 44.4. The monoisotopic (exact) mass is 696 g/mol. The van der Waals surface area contributed by atoms with Crippen LogP contribution >= 0.6 is 0 Å². The fourth-order valence-electron chi connectivity index (χ4n) is 12.6. The van der Waals surface area contributed by atoms with Gasteiger partial charge in [0, 0.05) is 16.4 Å². The van der Waals surface area contributed by atoms with E-state index < -0.39 is 33.2 Å². The summed E-state index contributed by atoms with van der Waals surface area (Å²) in [5.74, 6) is 0.00720. The molecule has 50 heavy (non-hydrogen) atoms. The van der Waals surface area contributed by atoms with E-state index in [9.17, 15) is 20.0 Å². The zero-order chi connectivity index (χ0) is 37.0. The molecule has 0 radical (unpaired) electrons. The van der Waals surface area contributed by atoms with Crippen molar-refractivity contribution in [1.82, 2.24) is 9.78 Å². The maximum atomic E-state index is 13.5. The molecule has 0 aromatic carbocycles. The summed E-state index contributed by atoms with van der Waals surface area (Å²) in [5.41, 5.74) is 5.96. The Morgan fingerprint density at radius 1 is 1.16 bits per heavy atom. The number of carbonyl (C=O) groups is 1. The molecule has 6 rings (SSSR count). The van der Waals surface area contributed by atoms with Crippen molar-refractivity contribution < 1.29 is 24.3 Å². The van der Waals surface area contributed by atoms with Crippen LogP contribution in [0.1, 0.15) is 114 Å². The molecule has 5 aliphatic rings. The van der Waals surface area contributed by atoms with Crippen LogP contribution in [0.5, 0.6) is 0 Å². The highest BCUT2D eigenvalue weighted by atomic mass is 16.6. The van der Waals surface area contributed by atoms with Crippen LogP contribution in [-0.4, -0.2) is 57.2 Å². The third-order valence-corrected chi connectivity index (χ3v) is 16.7. The smallest absolute Gasteiger partial charge is 0.389 e. The quantitative estimate of drug-likeness (QED) is 0.151. The second-order valence-corrected chi connectivity index (χ2v) is 19.3. The fraction of sp³-hybridized carbons (Fsp3) is 0.850. The Hall–Kier alpha value is -2.30. The van der Waals surface area contributed by atoms with Gasteiger partial charge in [-0.25, -0.2) is 0 Å². The Labute approximate surface area is 299 Å². The van der Waals surface area contributed by atoms with E-state index in [0.717, 1.165) is 25.7 Å². The molecular formula is C40H64N4O6. The second-order valence-electron chi connectivity index (χ2n) is 19.3. The lowest BCUT2D eigenvalue weighted by Gasteiger charge is -2.72. The van der Waals surface area contributed by atoms with Crippen LogP contribution < -0.4 is 5.73 Å². The summed E-state index contributed by atoms with van der Waals surface area (Å²) in [4.78, 5) is 24.9. The van der Waals surface area contributed by atoms with Crippen molar-refractivity contribution in [3.8, 4) is 0 Å². The van der Waals surface area contributed by atoms with Crippen molar-refractivity contribution in [2.75, 3.05) is 19.8 Å². The molecule has 1 saturated heterocycles. The number of ether oxygens (including phenoxy) is 2. The van der Waals surface area contributed by atoms with Gasteiger partial charge in [0.2, 0.25) is 0 Å². The second kappa shape index (κ2) is 12.1. The summed E-state index contributed by atoms with van der Waals surface area (Å²) in [6.45, 7) is 25.9. The van der Waals surface area contributed by atoms with Gasteiger partial charge in [-0.15, -0.1) is 0 Å². The van der Waals surface area contributed by atoms with Crippen LogP contribution in [0.25, 0.3) is 0 Å². The van der Waals surface area contributed by atoms with Gasteiger partial charge in [0.1, 0.15) is 6.04 Å². The number of rotatable bonds is 9. The third kappa shape index (κ3) is 4.96. The topological polar surface area (TPSA) is 143 Å². The van der Waals surface area contributed by atoms with Gasteiger partial charge in [-0.2, -0.15) is 4.68 Å². The molecule has 10 nitrogen and oxygen atoms in total. The van der Waals surface area contributed by atoms with Crippen LogP contribution in [0.2, 0.25) is 0 Å². The van der Waals surface area contributed by atoms with Gasteiger partial charge in [-0.1, -0.05) is 80.9 Å². The lowest BCUT2D eigenvalue weighted by molar-refractivity contribution is -0.390. The first kappa shape index (κ1) is 37.5. The molecule has 1 aromatic rings. The third-order valence-electron chi connectivity index (χ3n) is 16.7. The van der Waals surface area contributed by atoms with Gasteiger partial charge < -0.3 is 30.4 Å². The summed E-state index contributed by atoms with van der Waals surface area (Å²) < 4.78 is 15.5. The molecule has 1 aliphatic heterocycles. The Morgan fingerprint density at radius 3 is 2.42 bits per heavy atom. The summed E-state index contributed by atoms with van der Waals surface area (Å²) >= 11 is 0. The number of carboxylic acids is 1. The maximum absolute atomic E-state index is 13.5. The van der Waals surface area contributed by atoms with Crippen molar-refractivity contribution >= 4 is 11.8 Å². The average Bonchev–Trinajstić information content (AvgIpc) is 3.52. The minimum absolute atomic E-state index is 0.0273. The van der Waals surface area contributed by atoms with Crippen LogP contribution in [-0.2, 0) is 14.3 Å². The van der Waals surface area contributed by atoms with Gasteiger partial charge in [0.05, 0.1) is 49.2 Å². The van der Waals surface area contributed by atoms with Crippen molar-refractivity contribution in [1.29, 1.82) is 0 Å². The highest BCUT2D eigenvalue weighted by Crippen LogP contribution is 2.76. The molecule has 280 valence electrons. The zero-order valence-electron chi connectivity index (χ0n) is 32.5. The van der Waals surface area contributed by atoms with E-state index in [2.05, 4.69) is 80.4 Å². The number of nitrogens with two attached hydrogens (primary N) is 1. The highest BCUT2D eigenvalue weighted by molar-refractivity contribution is 5.73. The van der Waals surface area contributed by atoms with E-state index >= 15 is 0 Å². The van der Waals surface area contributed by atoms with Crippen LogP contribution in [0.4, 0.5) is 5.82 Å². The summed E-state index contributed by atoms with van der Waals surface area (Å²) in [6, 6.07) is 1.20. The van der Waals surface area contributed by atoms with Crippen LogP contribution in [0.15, 0.2) is 23.9 Å². The first-order valence-corrected chi connectivity index (χ1v) is 19.2. The number of aromatic nitrogens is 2. The molecule has 3 N–H and O–H groups in total. The zero-order valence-corrected chi connectivity index (χ0v) is 32.5. The molecule has 4 fully saturated rings. The molecule has 13 atom stereocenters. The fourth-order valence-corrected chi connectivity index (χ4v) is 12.6. The number of hydrogen-bond donors (Lipinski definition) is 2. The van der Waals surface area contributed by atoms with Gasteiger partial charge >= 0.3 is 11.8 Å². The largest absolute Gasteiger partial charge is 0.481 e. The molecule has 0 amide bonds. The van der Waals surface area contributed by atoms with Gasteiger partial charge in [-0.05, 0) is 95.7 Å². The van der Waals surface area contributed by atoms with Gasteiger partial charge in [-0.3, -0.25) is 4.79 Å². The van der Waals surface area contributed by atoms with E-state index in [1.54, 1.807) is 10.9 Å². The first-order chi connectivity index (χ1) is 23.1. The van der Waals surface area contributed by atoms with Crippen molar-refractivity contribution in [3.63, 3.8) is 0 Å². The van der Waals surface area contributed by atoms with E-state index in [1.807, 2.05) is 6.92 Å². The predicted octanol–water partition coefficient (Wildman–Crippen LogP) is 7.93. The molecule has 0 unspecified atom stereocenters. The standard InChI is InChI=1S/C40H64N4O6/c1-23(2)25(5)35(7)17-18-37(9)27-12-13-29-36(8)20-49-22-40(29,28(27)14-16-38(37,10)32(35)34(45)46)26(6)31(43-19-15-30(42-43)44(47)48)33(36)50-21-39(11,41)24(3)4/h14-15,19,23-27,29,31-33H,12-13,16-18,20-22,41H2,1-11H3,(H,45,46)/t25-,26-,27+,29+,31-,32-,33+,35-,36+,37-,38+,39+,40-/m1/s1. The number of nitrogens with zero attached hydrogens (tertiary/aromatic N) is 3. The van der Waals surface area contributed by atoms with Crippen molar-refractivity contribution in [2.45, 2.75) is 126 Å². The number of aliphatic carboxylic acids is 1. The number of allylic oxidation sites excluding steroid dienone is 1. The van der Waals surface area contributed by atoms with Crippen molar-refractivity contribution in [3.05, 3.63) is 34.0 Å². The van der Waals surface area contributed by atoms with Gasteiger partial charge in [0.25, 0.3) is 0 Å². The first-order valence-electron chi connectivity index (χ1n) is 19.2. The molecule has 2 bridgehead atoms. The highest BCUT2D eigenvalue weighted by Gasteiger charge is 2.73. The van der Waals surface area contributed by atoms with E-state index in [4.69, 9.17) is 15.2 Å². The molecular weight excluding hydrogens is 632 g/mol. The SMILES string of the molecule is CC(C)[C@@H](C)[C@@]1(C)CC[C@]2(C)[C@H]3CC[C@H]4[C@]5(C)COC[C@]4(C3=CC[C@@]2(C)[C@@H]1C(=O)O)[C@H](C)[C@@H](n1ccc([N+](=O)[O-])n1)[C@@H]5OC[C@](C)(N)C(C)C. The van der Waals surface area contributed by atoms with E-state index in [1.165, 1.54) is 11.6 Å². The maximum Gasteiger partial charge on any atom is 0.389 e. The number of carboxylic acid groups (broad SMARTS) is 1. The lowest BCUT2D eigenvalue weighted by Crippen LogP contribution is -2.71. The molecule has 0 spiro atoms. The Morgan fingerprint density at radius 2 is 1.84 bits per heavy atom. The lowest BCUT2D eigenvalue weighted by atomic mass is 9.33. The minimum atomic E-state index is -0.662. The number of fused-ring (bicyclic) bond motifs is 3.